The topological polar surface area (TPSA) is 75.4 Å². The summed E-state index contributed by atoms with van der Waals surface area (Å²) < 4.78 is 5.51. The second-order valence-electron chi connectivity index (χ2n) is 7.07. The number of furan rings is 1. The average Bonchev–Trinajstić information content (AvgIpc) is 3.04. The van der Waals surface area contributed by atoms with E-state index in [1.165, 1.54) is 0 Å². The molecule has 0 unspecified atom stereocenters. The Morgan fingerprint density at radius 1 is 1.18 bits per heavy atom. The van der Waals surface area contributed by atoms with Crippen molar-refractivity contribution in [1.29, 1.82) is 0 Å². The van der Waals surface area contributed by atoms with E-state index in [-0.39, 0.29) is 18.2 Å². The average molecular weight is 386 g/mol. The first-order valence-electron chi connectivity index (χ1n) is 10.0. The Hall–Kier alpha value is -2.63. The van der Waals surface area contributed by atoms with Crippen LogP contribution >= 0.6 is 0 Å². The molecule has 0 atom stereocenters. The van der Waals surface area contributed by atoms with E-state index in [9.17, 15) is 9.59 Å². The van der Waals surface area contributed by atoms with Crippen molar-refractivity contribution in [2.75, 3.05) is 13.1 Å². The summed E-state index contributed by atoms with van der Waals surface area (Å²) in [6.07, 6.45) is 8.02. The summed E-state index contributed by atoms with van der Waals surface area (Å²) in [6.45, 7) is 7.29. The van der Waals surface area contributed by atoms with Gasteiger partial charge in [0.15, 0.2) is 0 Å². The van der Waals surface area contributed by atoms with E-state index < -0.39 is 0 Å². The maximum atomic E-state index is 13.0. The number of unbranched alkanes of at least 4 members (excludes halogenated alkanes) is 3. The molecule has 2 heterocycles. The van der Waals surface area contributed by atoms with Gasteiger partial charge in [-0.1, -0.05) is 32.3 Å². The van der Waals surface area contributed by atoms with Crippen LogP contribution in [0, 0.1) is 13.8 Å². The Morgan fingerprint density at radius 3 is 2.64 bits per heavy atom. The summed E-state index contributed by atoms with van der Waals surface area (Å²) in [5, 5.41) is 2.89. The Kier molecular flexibility index (Phi) is 8.72. The molecule has 1 N–H and O–H groups in total. The van der Waals surface area contributed by atoms with E-state index in [0.29, 0.717) is 31.0 Å². The molecule has 28 heavy (non-hydrogen) atoms. The number of carbonyl (C=O) groups excluding carboxylic acids is 2. The number of hydrogen-bond acceptors (Lipinski definition) is 4. The number of amides is 2. The first-order valence-corrected chi connectivity index (χ1v) is 10.0. The van der Waals surface area contributed by atoms with Gasteiger partial charge >= 0.3 is 0 Å². The molecule has 0 saturated carbocycles. The molecule has 0 saturated heterocycles. The van der Waals surface area contributed by atoms with Crippen LogP contribution in [0.15, 0.2) is 35.0 Å². The van der Waals surface area contributed by atoms with Crippen molar-refractivity contribution in [2.45, 2.75) is 59.4 Å². The molecule has 152 valence electrons. The predicted molar refractivity (Wildman–Crippen MR) is 109 cm³/mol. The first kappa shape index (κ1) is 21.7. The molecule has 2 aromatic heterocycles. The molecule has 0 aliphatic carbocycles. The number of nitrogens with one attached hydrogen (secondary N) is 1. The molecule has 6 nitrogen and oxygen atoms in total. The molecule has 0 spiro atoms. The van der Waals surface area contributed by atoms with Crippen molar-refractivity contribution in [1.82, 2.24) is 15.2 Å². The van der Waals surface area contributed by atoms with E-state index in [2.05, 4.69) is 17.2 Å². The lowest BCUT2D eigenvalue weighted by Crippen LogP contribution is -2.36. The van der Waals surface area contributed by atoms with Crippen LogP contribution in [0.1, 0.15) is 66.5 Å². The highest BCUT2D eigenvalue weighted by Crippen LogP contribution is 2.17. The Labute approximate surface area is 167 Å². The zero-order chi connectivity index (χ0) is 20.4. The molecule has 2 amide bonds. The smallest absolute Gasteiger partial charge is 0.257 e. The third-order valence-corrected chi connectivity index (χ3v) is 4.66. The molecule has 6 heteroatoms. The van der Waals surface area contributed by atoms with Crippen molar-refractivity contribution in [3.63, 3.8) is 0 Å². The number of pyridine rings is 1. The van der Waals surface area contributed by atoms with Crippen molar-refractivity contribution in [2.24, 2.45) is 0 Å². The van der Waals surface area contributed by atoms with Gasteiger partial charge in [-0.25, -0.2) is 0 Å². The molecule has 2 aromatic rings. The maximum Gasteiger partial charge on any atom is 0.257 e. The van der Waals surface area contributed by atoms with Gasteiger partial charge in [-0.3, -0.25) is 14.6 Å². The monoisotopic (exact) mass is 385 g/mol. The maximum absolute atomic E-state index is 13.0. The van der Waals surface area contributed by atoms with Gasteiger partial charge in [0.2, 0.25) is 5.91 Å². The highest BCUT2D eigenvalue weighted by atomic mass is 16.3. The lowest BCUT2D eigenvalue weighted by molar-refractivity contribution is -0.121. The minimum atomic E-state index is -0.0738. The first-order chi connectivity index (χ1) is 13.5. The van der Waals surface area contributed by atoms with Crippen LogP contribution < -0.4 is 5.32 Å². The molecule has 0 radical (unpaired) electrons. The highest BCUT2D eigenvalue weighted by molar-refractivity contribution is 5.95. The quantitative estimate of drug-likeness (QED) is 0.593. The third-order valence-electron chi connectivity index (χ3n) is 4.66. The molecule has 0 aliphatic heterocycles. The summed E-state index contributed by atoms with van der Waals surface area (Å²) in [6, 6.07) is 5.54. The SMILES string of the molecule is CCCCCCN(CCC(=O)NCc1cccnc1)C(=O)c1cc(C)oc1C. The van der Waals surface area contributed by atoms with Crippen LogP contribution in [0.4, 0.5) is 0 Å². The predicted octanol–water partition coefficient (Wildman–Crippen LogP) is 4.02. The van der Waals surface area contributed by atoms with Gasteiger partial charge in [0.25, 0.3) is 5.91 Å². The fourth-order valence-corrected chi connectivity index (χ4v) is 3.09. The summed E-state index contributed by atoms with van der Waals surface area (Å²) >= 11 is 0. The molecule has 0 fully saturated rings. The van der Waals surface area contributed by atoms with Crippen LogP contribution in [0.2, 0.25) is 0 Å². The van der Waals surface area contributed by atoms with Crippen molar-refractivity contribution in [3.8, 4) is 0 Å². The number of aromatic nitrogens is 1. The van der Waals surface area contributed by atoms with E-state index in [0.717, 1.165) is 37.0 Å². The second kappa shape index (κ2) is 11.3. The number of rotatable bonds is 11. The van der Waals surface area contributed by atoms with Gasteiger partial charge in [0, 0.05) is 38.4 Å². The van der Waals surface area contributed by atoms with Crippen molar-refractivity contribution >= 4 is 11.8 Å². The summed E-state index contributed by atoms with van der Waals surface area (Å²) in [4.78, 5) is 31.0. The molecular weight excluding hydrogens is 354 g/mol. The van der Waals surface area contributed by atoms with E-state index in [1.807, 2.05) is 19.1 Å². The normalized spacial score (nSPS) is 10.7. The van der Waals surface area contributed by atoms with Crippen LogP contribution in [-0.2, 0) is 11.3 Å². The van der Waals surface area contributed by atoms with Gasteiger partial charge in [-0.15, -0.1) is 0 Å². The standard InChI is InChI=1S/C22H31N3O3/c1-4-5-6-7-12-25(22(27)20-14-17(2)28-18(20)3)13-10-21(26)24-16-19-9-8-11-23-15-19/h8-9,11,14-15H,4-7,10,12-13,16H2,1-3H3,(H,24,26). The van der Waals surface area contributed by atoms with E-state index >= 15 is 0 Å². The van der Waals surface area contributed by atoms with Crippen LogP contribution in [0.25, 0.3) is 0 Å². The molecule has 0 aliphatic rings. The molecular formula is C22H31N3O3. The summed E-state index contributed by atoms with van der Waals surface area (Å²) in [5.41, 5.74) is 1.54. The number of nitrogens with zero attached hydrogens (tertiary/aromatic N) is 2. The fraction of sp³-hybridized carbons (Fsp3) is 0.500. The van der Waals surface area contributed by atoms with Crippen molar-refractivity contribution in [3.05, 3.63) is 53.2 Å². The summed E-state index contributed by atoms with van der Waals surface area (Å²) in [7, 11) is 0. The van der Waals surface area contributed by atoms with Crippen LogP contribution in [-0.4, -0.2) is 34.8 Å². The van der Waals surface area contributed by atoms with Gasteiger partial charge in [-0.05, 0) is 38.0 Å². The Bertz CT molecular complexity index is 756. The number of carbonyl (C=O) groups is 2. The zero-order valence-electron chi connectivity index (χ0n) is 17.2. The van der Waals surface area contributed by atoms with Gasteiger partial charge in [-0.2, -0.15) is 0 Å². The van der Waals surface area contributed by atoms with Crippen LogP contribution in [0.3, 0.4) is 0 Å². The van der Waals surface area contributed by atoms with E-state index in [1.54, 1.807) is 30.3 Å². The zero-order valence-corrected chi connectivity index (χ0v) is 17.2. The molecule has 0 aromatic carbocycles. The minimum absolute atomic E-state index is 0.0640. The lowest BCUT2D eigenvalue weighted by Gasteiger charge is -2.22. The second-order valence-corrected chi connectivity index (χ2v) is 7.07. The third kappa shape index (κ3) is 6.83. The lowest BCUT2D eigenvalue weighted by atomic mass is 10.1. The number of hydrogen-bond donors (Lipinski definition) is 1. The Balaban J connectivity index is 1.91. The fourth-order valence-electron chi connectivity index (χ4n) is 3.09. The summed E-state index contributed by atoms with van der Waals surface area (Å²) in [5.74, 6) is 1.21. The van der Waals surface area contributed by atoms with Crippen molar-refractivity contribution < 1.29 is 14.0 Å². The van der Waals surface area contributed by atoms with Gasteiger partial charge < -0.3 is 14.6 Å². The van der Waals surface area contributed by atoms with Gasteiger partial charge in [0.05, 0.1) is 5.56 Å². The van der Waals surface area contributed by atoms with Gasteiger partial charge in [0.1, 0.15) is 11.5 Å². The molecule has 0 bridgehead atoms. The highest BCUT2D eigenvalue weighted by Gasteiger charge is 2.21. The number of aryl methyl sites for hydroxylation is 2. The Morgan fingerprint density at radius 2 is 2.00 bits per heavy atom. The van der Waals surface area contributed by atoms with Crippen LogP contribution in [0.5, 0.6) is 0 Å². The molecule has 2 rings (SSSR count). The largest absolute Gasteiger partial charge is 0.466 e. The minimum Gasteiger partial charge on any atom is -0.466 e. The van der Waals surface area contributed by atoms with E-state index in [4.69, 9.17) is 4.42 Å².